The maximum Gasteiger partial charge on any atom is 0.251 e. The van der Waals surface area contributed by atoms with Gasteiger partial charge in [-0.1, -0.05) is 18.2 Å². The fourth-order valence-corrected chi connectivity index (χ4v) is 4.50. The number of aryl methyl sites for hydroxylation is 1. The van der Waals surface area contributed by atoms with Crippen LogP contribution in [-0.4, -0.2) is 51.0 Å². The van der Waals surface area contributed by atoms with Gasteiger partial charge in [-0.05, 0) is 80.0 Å². The minimum atomic E-state index is -0.0238. The van der Waals surface area contributed by atoms with Crippen LogP contribution in [0.2, 0.25) is 0 Å². The quantitative estimate of drug-likeness (QED) is 0.510. The number of carbonyl (C=O) groups excluding carboxylic acids is 1. The average Bonchev–Trinajstić information content (AvgIpc) is 3.37. The molecule has 1 aliphatic carbocycles. The van der Waals surface area contributed by atoms with Crippen LogP contribution < -0.4 is 15.4 Å². The maximum atomic E-state index is 12.8. The van der Waals surface area contributed by atoms with Crippen LogP contribution >= 0.6 is 0 Å². The van der Waals surface area contributed by atoms with Crippen LogP contribution in [0.15, 0.2) is 42.5 Å². The molecule has 1 heterocycles. The van der Waals surface area contributed by atoms with Gasteiger partial charge < -0.3 is 24.8 Å². The minimum absolute atomic E-state index is 0.0238. The van der Waals surface area contributed by atoms with Crippen molar-refractivity contribution < 1.29 is 19.0 Å². The van der Waals surface area contributed by atoms with E-state index in [0.717, 1.165) is 70.8 Å². The Morgan fingerprint density at radius 2 is 2.00 bits per heavy atom. The van der Waals surface area contributed by atoms with Crippen LogP contribution in [0.3, 0.4) is 0 Å². The standard InChI is InChI=1S/C27H36N2O4/c1-2-31-15-13-28-18-20-5-6-23-17-24(10-7-22(23)16-20)29-27(30)21-8-11-25(12-9-21)33-19-26-4-3-14-32-26/h5-6,8-9,11-12,16,24,26,28H,2-4,7,10,13-15,17-19H2,1H3,(H,29,30)/t24-,26-/m0/s1. The van der Waals surface area contributed by atoms with Crippen molar-refractivity contribution in [1.29, 1.82) is 0 Å². The van der Waals surface area contributed by atoms with E-state index < -0.39 is 0 Å². The maximum absolute atomic E-state index is 12.8. The molecule has 0 bridgehead atoms. The first-order valence-corrected chi connectivity index (χ1v) is 12.3. The van der Waals surface area contributed by atoms with E-state index in [1.165, 1.54) is 16.7 Å². The smallest absolute Gasteiger partial charge is 0.251 e. The van der Waals surface area contributed by atoms with Crippen molar-refractivity contribution in [2.75, 3.05) is 33.0 Å². The third-order valence-corrected chi connectivity index (χ3v) is 6.37. The molecule has 2 N–H and O–H groups in total. The van der Waals surface area contributed by atoms with Crippen LogP contribution in [0.5, 0.6) is 5.75 Å². The van der Waals surface area contributed by atoms with Gasteiger partial charge in [-0.25, -0.2) is 0 Å². The van der Waals surface area contributed by atoms with E-state index in [4.69, 9.17) is 14.2 Å². The number of ether oxygens (including phenoxy) is 3. The van der Waals surface area contributed by atoms with E-state index in [-0.39, 0.29) is 18.1 Å². The predicted octanol–water partition coefficient (Wildman–Crippen LogP) is 3.66. The fraction of sp³-hybridized carbons (Fsp3) is 0.519. The number of hydrogen-bond donors (Lipinski definition) is 2. The van der Waals surface area contributed by atoms with Crippen molar-refractivity contribution in [2.45, 2.75) is 57.7 Å². The highest BCUT2D eigenvalue weighted by Gasteiger charge is 2.21. The first-order chi connectivity index (χ1) is 16.2. The number of rotatable bonds is 11. The topological polar surface area (TPSA) is 68.8 Å². The Kier molecular flexibility index (Phi) is 8.75. The van der Waals surface area contributed by atoms with Crippen LogP contribution in [0.4, 0.5) is 0 Å². The number of fused-ring (bicyclic) bond motifs is 1. The normalized spacial score (nSPS) is 19.8. The minimum Gasteiger partial charge on any atom is -0.491 e. The molecule has 0 saturated carbocycles. The molecule has 2 aromatic rings. The summed E-state index contributed by atoms with van der Waals surface area (Å²) in [7, 11) is 0. The predicted molar refractivity (Wildman–Crippen MR) is 129 cm³/mol. The summed E-state index contributed by atoms with van der Waals surface area (Å²) in [6, 6.07) is 14.3. The highest BCUT2D eigenvalue weighted by atomic mass is 16.5. The number of carbonyl (C=O) groups is 1. The second-order valence-corrected chi connectivity index (χ2v) is 8.86. The Balaban J connectivity index is 1.23. The molecule has 0 radical (unpaired) electrons. The van der Waals surface area contributed by atoms with E-state index >= 15 is 0 Å². The average molecular weight is 453 g/mol. The molecular formula is C27H36N2O4. The molecule has 6 nitrogen and oxygen atoms in total. The largest absolute Gasteiger partial charge is 0.491 e. The van der Waals surface area contributed by atoms with E-state index in [9.17, 15) is 4.79 Å². The molecular weight excluding hydrogens is 416 g/mol. The second kappa shape index (κ2) is 12.2. The van der Waals surface area contributed by atoms with Crippen LogP contribution in [0.25, 0.3) is 0 Å². The lowest BCUT2D eigenvalue weighted by Crippen LogP contribution is -2.38. The van der Waals surface area contributed by atoms with Gasteiger partial charge in [0.05, 0.1) is 12.7 Å². The molecule has 1 fully saturated rings. The summed E-state index contributed by atoms with van der Waals surface area (Å²) in [4.78, 5) is 12.8. The summed E-state index contributed by atoms with van der Waals surface area (Å²) in [5.74, 6) is 0.751. The van der Waals surface area contributed by atoms with Crippen LogP contribution in [0, 0.1) is 0 Å². The Morgan fingerprint density at radius 1 is 1.12 bits per heavy atom. The highest BCUT2D eigenvalue weighted by Crippen LogP contribution is 2.23. The molecule has 2 aromatic carbocycles. The number of nitrogens with one attached hydrogen (secondary N) is 2. The zero-order chi connectivity index (χ0) is 22.9. The Bertz CT molecular complexity index is 893. The molecule has 0 spiro atoms. The summed E-state index contributed by atoms with van der Waals surface area (Å²) >= 11 is 0. The lowest BCUT2D eigenvalue weighted by atomic mass is 9.87. The molecule has 0 aromatic heterocycles. The highest BCUT2D eigenvalue weighted by molar-refractivity contribution is 5.94. The third-order valence-electron chi connectivity index (χ3n) is 6.37. The lowest BCUT2D eigenvalue weighted by molar-refractivity contribution is 0.0679. The fourth-order valence-electron chi connectivity index (χ4n) is 4.50. The lowest BCUT2D eigenvalue weighted by Gasteiger charge is -2.26. The van der Waals surface area contributed by atoms with Gasteiger partial charge in [-0.2, -0.15) is 0 Å². The summed E-state index contributed by atoms with van der Waals surface area (Å²) in [5.41, 5.74) is 4.70. The molecule has 1 amide bonds. The zero-order valence-corrected chi connectivity index (χ0v) is 19.6. The first kappa shape index (κ1) is 23.7. The first-order valence-electron chi connectivity index (χ1n) is 12.3. The van der Waals surface area contributed by atoms with Gasteiger partial charge in [-0.15, -0.1) is 0 Å². The molecule has 4 rings (SSSR count). The Morgan fingerprint density at radius 3 is 2.79 bits per heavy atom. The summed E-state index contributed by atoms with van der Waals surface area (Å²) in [6.07, 6.45) is 5.17. The van der Waals surface area contributed by atoms with E-state index in [1.807, 2.05) is 31.2 Å². The van der Waals surface area contributed by atoms with Gasteiger partial charge in [0, 0.05) is 37.9 Å². The van der Waals surface area contributed by atoms with E-state index in [2.05, 4.69) is 28.8 Å². The molecule has 2 aliphatic rings. The number of hydrogen-bond acceptors (Lipinski definition) is 5. The number of amides is 1. The van der Waals surface area contributed by atoms with Gasteiger partial charge in [0.15, 0.2) is 0 Å². The van der Waals surface area contributed by atoms with Gasteiger partial charge >= 0.3 is 0 Å². The molecule has 33 heavy (non-hydrogen) atoms. The molecule has 2 atom stereocenters. The number of benzene rings is 2. The van der Waals surface area contributed by atoms with E-state index in [1.54, 1.807) is 0 Å². The van der Waals surface area contributed by atoms with Gasteiger partial charge in [-0.3, -0.25) is 4.79 Å². The second-order valence-electron chi connectivity index (χ2n) is 8.86. The van der Waals surface area contributed by atoms with Crippen LogP contribution in [-0.2, 0) is 28.9 Å². The summed E-state index contributed by atoms with van der Waals surface area (Å²) in [6.45, 7) is 6.62. The van der Waals surface area contributed by atoms with Crippen molar-refractivity contribution in [1.82, 2.24) is 10.6 Å². The molecule has 1 aliphatic heterocycles. The SMILES string of the molecule is CCOCCNCc1ccc2c(c1)CC[C@H](NC(=O)c1ccc(OC[C@@H]3CCCO3)cc1)C2. The van der Waals surface area contributed by atoms with E-state index in [0.29, 0.717) is 12.2 Å². The van der Waals surface area contributed by atoms with Crippen molar-refractivity contribution >= 4 is 5.91 Å². The molecule has 178 valence electrons. The van der Waals surface area contributed by atoms with Gasteiger partial charge in [0.25, 0.3) is 5.91 Å². The zero-order valence-electron chi connectivity index (χ0n) is 19.6. The van der Waals surface area contributed by atoms with Gasteiger partial charge in [0.1, 0.15) is 12.4 Å². The summed E-state index contributed by atoms with van der Waals surface area (Å²) in [5, 5.41) is 6.64. The van der Waals surface area contributed by atoms with Gasteiger partial charge in [0.2, 0.25) is 0 Å². The van der Waals surface area contributed by atoms with Crippen molar-refractivity contribution in [3.63, 3.8) is 0 Å². The monoisotopic (exact) mass is 452 g/mol. The van der Waals surface area contributed by atoms with Crippen molar-refractivity contribution in [2.24, 2.45) is 0 Å². The molecule has 0 unspecified atom stereocenters. The summed E-state index contributed by atoms with van der Waals surface area (Å²) < 4.78 is 16.7. The Labute approximate surface area is 197 Å². The van der Waals surface area contributed by atoms with Crippen molar-refractivity contribution in [3.05, 3.63) is 64.7 Å². The molecule has 6 heteroatoms. The van der Waals surface area contributed by atoms with Crippen LogP contribution in [0.1, 0.15) is 53.2 Å². The third kappa shape index (κ3) is 7.03. The Hall–Kier alpha value is -2.41. The molecule has 1 saturated heterocycles. The van der Waals surface area contributed by atoms with Crippen molar-refractivity contribution in [3.8, 4) is 5.75 Å².